The van der Waals surface area contributed by atoms with Gasteiger partial charge < -0.3 is 19.7 Å². The lowest BCUT2D eigenvalue weighted by Crippen LogP contribution is -2.30. The van der Waals surface area contributed by atoms with E-state index in [9.17, 15) is 13.2 Å². The second-order valence-electron chi connectivity index (χ2n) is 7.07. The molecule has 1 amide bonds. The van der Waals surface area contributed by atoms with Crippen molar-refractivity contribution in [2.24, 2.45) is 0 Å². The van der Waals surface area contributed by atoms with Gasteiger partial charge in [-0.15, -0.1) is 0 Å². The lowest BCUT2D eigenvalue weighted by atomic mass is 10.1. The number of hydrogen-bond donors (Lipinski definition) is 1. The van der Waals surface area contributed by atoms with Crippen molar-refractivity contribution in [1.29, 1.82) is 0 Å². The molecule has 31 heavy (non-hydrogen) atoms. The van der Waals surface area contributed by atoms with E-state index in [2.05, 4.69) is 5.32 Å². The second-order valence-corrected chi connectivity index (χ2v) is 9.00. The predicted molar refractivity (Wildman–Crippen MR) is 123 cm³/mol. The number of methoxy groups -OCH3 is 2. The van der Waals surface area contributed by atoms with Crippen LogP contribution < -0.4 is 19.7 Å². The Kier molecular flexibility index (Phi) is 8.29. The van der Waals surface area contributed by atoms with E-state index in [4.69, 9.17) is 9.47 Å². The van der Waals surface area contributed by atoms with E-state index in [-0.39, 0.29) is 17.2 Å². The molecule has 0 saturated carbocycles. The molecular formula is C22H31N3O5S. The van der Waals surface area contributed by atoms with Gasteiger partial charge in [0.1, 0.15) is 11.5 Å². The molecule has 0 aliphatic carbocycles. The number of hydrogen-bond acceptors (Lipinski definition) is 6. The highest BCUT2D eigenvalue weighted by Crippen LogP contribution is 2.30. The Bertz CT molecular complexity index is 1020. The molecule has 1 N–H and O–H groups in total. The molecule has 2 aromatic carbocycles. The maximum atomic E-state index is 12.9. The minimum absolute atomic E-state index is 0.0626. The number of ether oxygens (including phenoxy) is 2. The van der Waals surface area contributed by atoms with Gasteiger partial charge in [0, 0.05) is 38.8 Å². The van der Waals surface area contributed by atoms with E-state index in [0.29, 0.717) is 41.5 Å². The SMILES string of the molecule is CCN(CC)S(=O)(=O)c1ccc(N(C)C)c(NC(=O)Cc2ccc(OC)cc2OC)c1. The van der Waals surface area contributed by atoms with Crippen LogP contribution in [0.2, 0.25) is 0 Å². The highest BCUT2D eigenvalue weighted by atomic mass is 32.2. The van der Waals surface area contributed by atoms with Crippen molar-refractivity contribution in [3.05, 3.63) is 42.0 Å². The maximum absolute atomic E-state index is 12.9. The van der Waals surface area contributed by atoms with Gasteiger partial charge in [0.25, 0.3) is 0 Å². The second kappa shape index (κ2) is 10.5. The van der Waals surface area contributed by atoms with Gasteiger partial charge in [0.2, 0.25) is 15.9 Å². The lowest BCUT2D eigenvalue weighted by molar-refractivity contribution is -0.115. The van der Waals surface area contributed by atoms with Crippen LogP contribution in [0.3, 0.4) is 0 Å². The Balaban J connectivity index is 2.36. The number of carbonyl (C=O) groups excluding carboxylic acids is 1. The summed E-state index contributed by atoms with van der Waals surface area (Å²) in [6.45, 7) is 4.32. The van der Waals surface area contributed by atoms with Gasteiger partial charge in [0.05, 0.1) is 36.9 Å². The van der Waals surface area contributed by atoms with Crippen molar-refractivity contribution < 1.29 is 22.7 Å². The van der Waals surface area contributed by atoms with Gasteiger partial charge in [-0.2, -0.15) is 4.31 Å². The third kappa shape index (κ3) is 5.68. The van der Waals surface area contributed by atoms with Gasteiger partial charge in [-0.25, -0.2) is 8.42 Å². The summed E-state index contributed by atoms with van der Waals surface area (Å²) in [5, 5.41) is 2.86. The summed E-state index contributed by atoms with van der Waals surface area (Å²) < 4.78 is 37.8. The lowest BCUT2D eigenvalue weighted by Gasteiger charge is -2.22. The van der Waals surface area contributed by atoms with Crippen molar-refractivity contribution in [3.8, 4) is 11.5 Å². The summed E-state index contributed by atoms with van der Waals surface area (Å²) in [4.78, 5) is 14.8. The van der Waals surface area contributed by atoms with Crippen molar-refractivity contribution in [3.63, 3.8) is 0 Å². The molecule has 0 radical (unpaired) electrons. The quantitative estimate of drug-likeness (QED) is 0.600. The molecule has 0 heterocycles. The third-order valence-corrected chi connectivity index (χ3v) is 6.96. The first-order valence-electron chi connectivity index (χ1n) is 10.00. The van der Waals surface area contributed by atoms with Crippen molar-refractivity contribution >= 4 is 27.3 Å². The number of benzene rings is 2. The number of sulfonamides is 1. The first-order valence-corrected chi connectivity index (χ1v) is 11.4. The fraction of sp³-hybridized carbons (Fsp3) is 0.409. The average Bonchev–Trinajstić information content (AvgIpc) is 2.74. The molecule has 0 unspecified atom stereocenters. The Morgan fingerprint density at radius 1 is 1.00 bits per heavy atom. The molecular weight excluding hydrogens is 418 g/mol. The topological polar surface area (TPSA) is 88.2 Å². The van der Waals surface area contributed by atoms with Crippen LogP contribution in [0.15, 0.2) is 41.3 Å². The monoisotopic (exact) mass is 449 g/mol. The number of nitrogens with one attached hydrogen (secondary N) is 1. The Morgan fingerprint density at radius 3 is 2.23 bits per heavy atom. The van der Waals surface area contributed by atoms with Gasteiger partial charge in [-0.3, -0.25) is 4.79 Å². The highest BCUT2D eigenvalue weighted by Gasteiger charge is 2.23. The van der Waals surface area contributed by atoms with E-state index < -0.39 is 10.0 Å². The summed E-state index contributed by atoms with van der Waals surface area (Å²) in [6, 6.07) is 10.0. The van der Waals surface area contributed by atoms with Gasteiger partial charge in [-0.1, -0.05) is 19.9 Å². The standard InChI is InChI=1S/C22H31N3O5S/c1-7-25(8-2)31(27,28)18-11-12-20(24(3)4)19(15-18)23-22(26)13-16-9-10-17(29-5)14-21(16)30-6/h9-12,14-15H,7-8,13H2,1-6H3,(H,23,26). The summed E-state index contributed by atoms with van der Waals surface area (Å²) in [6.07, 6.45) is 0.0626. The zero-order chi connectivity index (χ0) is 23.2. The number of nitrogens with zero attached hydrogens (tertiary/aromatic N) is 2. The maximum Gasteiger partial charge on any atom is 0.243 e. The third-order valence-electron chi connectivity index (χ3n) is 4.91. The van der Waals surface area contributed by atoms with Crippen LogP contribution in [-0.4, -0.2) is 60.0 Å². The molecule has 8 nitrogen and oxygen atoms in total. The highest BCUT2D eigenvalue weighted by molar-refractivity contribution is 7.89. The van der Waals surface area contributed by atoms with Crippen LogP contribution in [0.4, 0.5) is 11.4 Å². The van der Waals surface area contributed by atoms with Crippen LogP contribution in [0.5, 0.6) is 11.5 Å². The van der Waals surface area contributed by atoms with Crippen molar-refractivity contribution in [2.75, 3.05) is 51.6 Å². The van der Waals surface area contributed by atoms with Crippen LogP contribution in [0.1, 0.15) is 19.4 Å². The zero-order valence-corrected chi connectivity index (χ0v) is 19.7. The molecule has 0 aromatic heterocycles. The minimum Gasteiger partial charge on any atom is -0.497 e. The first kappa shape index (κ1) is 24.5. The van der Waals surface area contributed by atoms with E-state index in [0.717, 1.165) is 0 Å². The molecule has 0 aliphatic rings. The van der Waals surface area contributed by atoms with Gasteiger partial charge >= 0.3 is 0 Å². The van der Waals surface area contributed by atoms with Crippen LogP contribution in [0, 0.1) is 0 Å². The van der Waals surface area contributed by atoms with E-state index >= 15 is 0 Å². The largest absolute Gasteiger partial charge is 0.497 e. The number of anilines is 2. The molecule has 0 atom stereocenters. The number of carbonyl (C=O) groups is 1. The smallest absolute Gasteiger partial charge is 0.243 e. The Labute approximate surface area is 184 Å². The molecule has 170 valence electrons. The molecule has 0 aliphatic heterocycles. The van der Waals surface area contributed by atoms with Gasteiger partial charge in [-0.05, 0) is 24.3 Å². The first-order chi connectivity index (χ1) is 14.7. The number of amides is 1. The molecule has 0 fully saturated rings. The van der Waals surface area contributed by atoms with E-state index in [1.807, 2.05) is 19.0 Å². The molecule has 0 spiro atoms. The van der Waals surface area contributed by atoms with Crippen molar-refractivity contribution in [1.82, 2.24) is 4.31 Å². The van der Waals surface area contributed by atoms with Crippen LogP contribution in [0.25, 0.3) is 0 Å². The normalized spacial score (nSPS) is 11.3. The summed E-state index contributed by atoms with van der Waals surface area (Å²) >= 11 is 0. The van der Waals surface area contributed by atoms with E-state index in [1.54, 1.807) is 51.3 Å². The minimum atomic E-state index is -3.65. The summed E-state index contributed by atoms with van der Waals surface area (Å²) in [5.41, 5.74) is 1.82. The Hall–Kier alpha value is -2.78. The zero-order valence-electron chi connectivity index (χ0n) is 18.9. The van der Waals surface area contributed by atoms with Crippen molar-refractivity contribution in [2.45, 2.75) is 25.2 Å². The molecule has 2 aromatic rings. The predicted octanol–water partition coefficient (Wildman–Crippen LogP) is 2.98. The van der Waals surface area contributed by atoms with Crippen LogP contribution in [-0.2, 0) is 21.2 Å². The average molecular weight is 450 g/mol. The van der Waals surface area contributed by atoms with Gasteiger partial charge in [0.15, 0.2) is 0 Å². The Morgan fingerprint density at radius 2 is 1.68 bits per heavy atom. The summed E-state index contributed by atoms with van der Waals surface area (Å²) in [5.74, 6) is 0.884. The molecule has 2 rings (SSSR count). The fourth-order valence-corrected chi connectivity index (χ4v) is 4.73. The van der Waals surface area contributed by atoms with E-state index in [1.165, 1.54) is 17.5 Å². The number of rotatable bonds is 10. The fourth-order valence-electron chi connectivity index (χ4n) is 3.24. The summed E-state index contributed by atoms with van der Waals surface area (Å²) in [7, 11) is 3.10. The molecule has 0 saturated heterocycles. The van der Waals surface area contributed by atoms with Crippen LogP contribution >= 0.6 is 0 Å². The molecule has 0 bridgehead atoms. The molecule has 9 heteroatoms.